The second-order valence-corrected chi connectivity index (χ2v) is 6.49. The number of nitrogens with one attached hydrogen (secondary N) is 2. The topological polar surface area (TPSA) is 117 Å². The lowest BCUT2D eigenvalue weighted by Crippen LogP contribution is -2.35. The number of nitrogens with two attached hydrogens (primary N) is 1. The number of nitrogens with zero attached hydrogens (tertiary/aromatic N) is 3. The maximum absolute atomic E-state index is 12.2. The highest BCUT2D eigenvalue weighted by Crippen LogP contribution is 2.17. The van der Waals surface area contributed by atoms with Crippen molar-refractivity contribution < 1.29 is 9.53 Å². The number of hydrogen-bond donors (Lipinski definition) is 3. The molecule has 29 heavy (non-hydrogen) atoms. The van der Waals surface area contributed by atoms with Crippen LogP contribution in [0.5, 0.6) is 0 Å². The van der Waals surface area contributed by atoms with E-state index in [9.17, 15) is 4.79 Å². The van der Waals surface area contributed by atoms with E-state index in [2.05, 4.69) is 20.2 Å². The molecule has 0 unspecified atom stereocenters. The standard InChI is InChI=1S/C21H24N6O2/c22-11-18(12-23)19-5-6-24-14-17(19)2-4-21(28)26-20-3-1-16(13-25-20)15-27-7-9-29-10-8-27/h1-6,11-14,22H,7-10,15,23H2,(H,25,26,28)/b4-2+,18-12+,22-11?. The molecule has 1 fully saturated rings. The quantitative estimate of drug-likeness (QED) is 0.489. The number of hydrogen-bond acceptors (Lipinski definition) is 7. The fraction of sp³-hybridized carbons (Fsp3) is 0.238. The van der Waals surface area contributed by atoms with Gasteiger partial charge in [-0.15, -0.1) is 0 Å². The van der Waals surface area contributed by atoms with Gasteiger partial charge < -0.3 is 21.2 Å². The molecule has 2 aromatic heterocycles. The fourth-order valence-corrected chi connectivity index (χ4v) is 2.96. The molecule has 1 aliphatic heterocycles. The predicted octanol–water partition coefficient (Wildman–Crippen LogP) is 1.91. The van der Waals surface area contributed by atoms with Crippen LogP contribution in [0.4, 0.5) is 5.82 Å². The summed E-state index contributed by atoms with van der Waals surface area (Å²) in [6, 6.07) is 5.50. The van der Waals surface area contributed by atoms with Crippen LogP contribution in [-0.4, -0.2) is 53.3 Å². The number of carbonyl (C=O) groups excluding carboxylic acids is 1. The summed E-state index contributed by atoms with van der Waals surface area (Å²) in [6.07, 6.45) is 10.6. The van der Waals surface area contributed by atoms with Gasteiger partial charge in [-0.2, -0.15) is 0 Å². The van der Waals surface area contributed by atoms with E-state index in [1.807, 2.05) is 6.07 Å². The Morgan fingerprint density at radius 1 is 1.28 bits per heavy atom. The molecule has 150 valence electrons. The van der Waals surface area contributed by atoms with Crippen molar-refractivity contribution in [2.45, 2.75) is 6.54 Å². The van der Waals surface area contributed by atoms with Crippen LogP contribution in [0.3, 0.4) is 0 Å². The van der Waals surface area contributed by atoms with E-state index in [0.29, 0.717) is 17.0 Å². The van der Waals surface area contributed by atoms with Crippen molar-refractivity contribution in [1.82, 2.24) is 14.9 Å². The van der Waals surface area contributed by atoms with E-state index in [0.717, 1.165) is 50.2 Å². The zero-order chi connectivity index (χ0) is 20.5. The van der Waals surface area contributed by atoms with Gasteiger partial charge in [0, 0.05) is 67.9 Å². The van der Waals surface area contributed by atoms with E-state index in [4.69, 9.17) is 15.9 Å². The second-order valence-electron chi connectivity index (χ2n) is 6.49. The third kappa shape index (κ3) is 5.81. The molecule has 2 aromatic rings. The molecule has 0 bridgehead atoms. The molecular formula is C21H24N6O2. The first-order valence-electron chi connectivity index (χ1n) is 9.30. The number of ether oxygens (including phenoxy) is 1. The van der Waals surface area contributed by atoms with Gasteiger partial charge in [-0.25, -0.2) is 4.98 Å². The largest absolute Gasteiger partial charge is 0.404 e. The number of morpholine rings is 1. The highest BCUT2D eigenvalue weighted by Gasteiger charge is 2.11. The van der Waals surface area contributed by atoms with Crippen LogP contribution in [0.25, 0.3) is 11.6 Å². The van der Waals surface area contributed by atoms with Crippen LogP contribution in [0, 0.1) is 5.41 Å². The molecule has 0 saturated carbocycles. The Balaban J connectivity index is 1.60. The molecule has 0 radical (unpaired) electrons. The molecule has 0 aliphatic carbocycles. The highest BCUT2D eigenvalue weighted by molar-refractivity contribution is 6.10. The first-order valence-corrected chi connectivity index (χ1v) is 9.30. The first kappa shape index (κ1) is 20.4. The summed E-state index contributed by atoms with van der Waals surface area (Å²) in [5, 5.41) is 10.2. The van der Waals surface area contributed by atoms with E-state index in [1.165, 1.54) is 12.3 Å². The summed E-state index contributed by atoms with van der Waals surface area (Å²) in [5.74, 6) is 0.181. The number of aromatic nitrogens is 2. The van der Waals surface area contributed by atoms with Gasteiger partial charge in [0.25, 0.3) is 0 Å². The molecule has 3 heterocycles. The van der Waals surface area contributed by atoms with E-state index >= 15 is 0 Å². The van der Waals surface area contributed by atoms with Gasteiger partial charge in [0.15, 0.2) is 0 Å². The Morgan fingerprint density at radius 3 is 2.79 bits per heavy atom. The van der Waals surface area contributed by atoms with E-state index < -0.39 is 0 Å². The monoisotopic (exact) mass is 392 g/mol. The third-order valence-electron chi connectivity index (χ3n) is 4.50. The molecular weight excluding hydrogens is 368 g/mol. The predicted molar refractivity (Wildman–Crippen MR) is 113 cm³/mol. The molecule has 1 saturated heterocycles. The van der Waals surface area contributed by atoms with Crippen molar-refractivity contribution in [2.24, 2.45) is 5.73 Å². The summed E-state index contributed by atoms with van der Waals surface area (Å²) in [7, 11) is 0. The van der Waals surface area contributed by atoms with Crippen LogP contribution >= 0.6 is 0 Å². The van der Waals surface area contributed by atoms with Gasteiger partial charge in [-0.3, -0.25) is 14.7 Å². The lowest BCUT2D eigenvalue weighted by molar-refractivity contribution is -0.111. The number of amides is 1. The Labute approximate surface area is 169 Å². The summed E-state index contributed by atoms with van der Waals surface area (Å²) >= 11 is 0. The van der Waals surface area contributed by atoms with Gasteiger partial charge in [0.2, 0.25) is 5.91 Å². The Morgan fingerprint density at radius 2 is 2.10 bits per heavy atom. The number of rotatable bonds is 7. The molecule has 1 aliphatic rings. The Hall–Kier alpha value is -3.36. The zero-order valence-corrected chi connectivity index (χ0v) is 16.0. The molecule has 4 N–H and O–H groups in total. The second kappa shape index (κ2) is 10.3. The average Bonchev–Trinajstić information content (AvgIpc) is 2.76. The van der Waals surface area contributed by atoms with Crippen LogP contribution in [0.2, 0.25) is 0 Å². The van der Waals surface area contributed by atoms with E-state index in [1.54, 1.807) is 36.8 Å². The molecule has 0 atom stereocenters. The van der Waals surface area contributed by atoms with Crippen LogP contribution in [0.15, 0.2) is 49.1 Å². The molecule has 0 aromatic carbocycles. The van der Waals surface area contributed by atoms with Crippen LogP contribution in [-0.2, 0) is 16.1 Å². The highest BCUT2D eigenvalue weighted by atomic mass is 16.5. The SMILES string of the molecule is N=C/C(=C\N)c1ccncc1/C=C/C(=O)Nc1ccc(CN2CCOCC2)cn1. The van der Waals surface area contributed by atoms with Gasteiger partial charge in [-0.05, 0) is 29.3 Å². The van der Waals surface area contributed by atoms with E-state index in [-0.39, 0.29) is 5.91 Å². The lowest BCUT2D eigenvalue weighted by atomic mass is 10.0. The molecule has 8 heteroatoms. The maximum atomic E-state index is 12.2. The summed E-state index contributed by atoms with van der Waals surface area (Å²) in [5.41, 5.74) is 8.62. The Kier molecular flexibility index (Phi) is 7.21. The van der Waals surface area contributed by atoms with Crippen molar-refractivity contribution in [3.63, 3.8) is 0 Å². The minimum Gasteiger partial charge on any atom is -0.404 e. The van der Waals surface area contributed by atoms with Crippen molar-refractivity contribution in [2.75, 3.05) is 31.6 Å². The van der Waals surface area contributed by atoms with Crippen molar-refractivity contribution >= 4 is 29.6 Å². The van der Waals surface area contributed by atoms with Gasteiger partial charge in [-0.1, -0.05) is 6.07 Å². The van der Waals surface area contributed by atoms with Crippen molar-refractivity contribution in [3.05, 3.63) is 65.8 Å². The summed E-state index contributed by atoms with van der Waals surface area (Å²) < 4.78 is 5.35. The Bertz CT molecular complexity index is 902. The number of anilines is 1. The fourth-order valence-electron chi connectivity index (χ4n) is 2.96. The molecule has 8 nitrogen and oxygen atoms in total. The smallest absolute Gasteiger partial charge is 0.249 e. The van der Waals surface area contributed by atoms with Crippen molar-refractivity contribution in [1.29, 1.82) is 5.41 Å². The van der Waals surface area contributed by atoms with Gasteiger partial charge >= 0.3 is 0 Å². The lowest BCUT2D eigenvalue weighted by Gasteiger charge is -2.26. The van der Waals surface area contributed by atoms with Crippen molar-refractivity contribution in [3.8, 4) is 0 Å². The normalized spacial score (nSPS) is 15.4. The minimum atomic E-state index is -0.304. The first-order chi connectivity index (χ1) is 14.2. The zero-order valence-electron chi connectivity index (χ0n) is 16.0. The number of carbonyl (C=O) groups is 1. The van der Waals surface area contributed by atoms with Gasteiger partial charge in [0.1, 0.15) is 5.82 Å². The minimum absolute atomic E-state index is 0.304. The average molecular weight is 392 g/mol. The summed E-state index contributed by atoms with van der Waals surface area (Å²) in [4.78, 5) is 22.9. The maximum Gasteiger partial charge on any atom is 0.249 e. The van der Waals surface area contributed by atoms with Crippen LogP contribution < -0.4 is 11.1 Å². The number of allylic oxidation sites excluding steroid dienone is 1. The molecule has 1 amide bonds. The molecule has 0 spiro atoms. The third-order valence-corrected chi connectivity index (χ3v) is 4.50. The summed E-state index contributed by atoms with van der Waals surface area (Å²) in [6.45, 7) is 4.17. The van der Waals surface area contributed by atoms with Gasteiger partial charge in [0.05, 0.1) is 13.2 Å². The molecule has 3 rings (SSSR count). The number of pyridine rings is 2. The van der Waals surface area contributed by atoms with Crippen LogP contribution in [0.1, 0.15) is 16.7 Å².